The van der Waals surface area contributed by atoms with Crippen LogP contribution < -0.4 is 5.32 Å². The van der Waals surface area contributed by atoms with Crippen LogP contribution in [0.3, 0.4) is 0 Å². The van der Waals surface area contributed by atoms with Crippen molar-refractivity contribution in [2.75, 3.05) is 5.32 Å². The maximum absolute atomic E-state index is 5.02. The third kappa shape index (κ3) is 4.07. The Morgan fingerprint density at radius 2 is 1.20 bits per heavy atom. The Hall–Kier alpha value is -5.55. The van der Waals surface area contributed by atoms with Crippen LogP contribution in [0.15, 0.2) is 140 Å². The van der Waals surface area contributed by atoms with Crippen LogP contribution in [0.5, 0.6) is 0 Å². The SMILES string of the molecule is c1ccc(-c2cc(-c3ccc(C4Nc5ccccc5-c5nc6ccccc6n54)cc3)cc(-c3ccccn3)c2)nc1. The minimum atomic E-state index is -0.0784. The van der Waals surface area contributed by atoms with Crippen LogP contribution >= 0.6 is 0 Å². The first-order valence-electron chi connectivity index (χ1n) is 13.7. The third-order valence-corrected chi connectivity index (χ3v) is 7.73. The highest BCUT2D eigenvalue weighted by atomic mass is 15.2. The summed E-state index contributed by atoms with van der Waals surface area (Å²) in [7, 11) is 0. The fourth-order valence-electron chi connectivity index (χ4n) is 5.76. The number of benzene rings is 4. The van der Waals surface area contributed by atoms with Crippen molar-refractivity contribution < 1.29 is 0 Å². The average molecular weight is 528 g/mol. The van der Waals surface area contributed by atoms with E-state index in [1.54, 1.807) is 0 Å². The topological polar surface area (TPSA) is 55.6 Å². The van der Waals surface area contributed by atoms with E-state index in [0.29, 0.717) is 0 Å². The molecule has 0 saturated carbocycles. The number of aromatic nitrogens is 4. The molecular formula is C36H25N5. The van der Waals surface area contributed by atoms with Gasteiger partial charge >= 0.3 is 0 Å². The van der Waals surface area contributed by atoms with Crippen molar-refractivity contribution in [3.63, 3.8) is 0 Å². The maximum atomic E-state index is 5.02. The van der Waals surface area contributed by atoms with E-state index in [9.17, 15) is 0 Å². The molecule has 8 rings (SSSR count). The zero-order valence-electron chi connectivity index (χ0n) is 22.1. The number of nitrogens with zero attached hydrogens (tertiary/aromatic N) is 4. The predicted octanol–water partition coefficient (Wildman–Crippen LogP) is 8.47. The first kappa shape index (κ1) is 23.3. The molecule has 4 heterocycles. The number of anilines is 1. The molecule has 0 radical (unpaired) electrons. The van der Waals surface area contributed by atoms with Gasteiger partial charge < -0.3 is 5.32 Å². The Balaban J connectivity index is 1.23. The van der Waals surface area contributed by atoms with Gasteiger partial charge in [-0.05, 0) is 83.4 Å². The lowest BCUT2D eigenvalue weighted by atomic mass is 9.95. The van der Waals surface area contributed by atoms with Crippen molar-refractivity contribution in [2.45, 2.75) is 6.17 Å². The molecule has 3 aromatic heterocycles. The predicted molar refractivity (Wildman–Crippen MR) is 165 cm³/mol. The fourth-order valence-corrected chi connectivity index (χ4v) is 5.76. The van der Waals surface area contributed by atoms with Crippen LogP contribution in [0.1, 0.15) is 11.7 Å². The lowest BCUT2D eigenvalue weighted by Gasteiger charge is -2.30. The Morgan fingerprint density at radius 1 is 0.561 bits per heavy atom. The summed E-state index contributed by atoms with van der Waals surface area (Å²) in [5.41, 5.74) is 11.7. The summed E-state index contributed by atoms with van der Waals surface area (Å²) >= 11 is 0. The van der Waals surface area contributed by atoms with E-state index in [0.717, 1.165) is 61.8 Å². The Bertz CT molecular complexity index is 1950. The molecule has 7 aromatic rings. The number of pyridine rings is 2. The van der Waals surface area contributed by atoms with Crippen LogP contribution in [-0.4, -0.2) is 19.5 Å². The molecule has 0 aliphatic carbocycles. The fraction of sp³-hybridized carbons (Fsp3) is 0.0278. The van der Waals surface area contributed by atoms with E-state index in [1.165, 1.54) is 5.56 Å². The molecule has 1 unspecified atom stereocenters. The summed E-state index contributed by atoms with van der Waals surface area (Å²) in [5, 5.41) is 3.77. The molecule has 5 heteroatoms. The van der Waals surface area contributed by atoms with Crippen LogP contribution in [0.25, 0.3) is 56.1 Å². The summed E-state index contributed by atoms with van der Waals surface area (Å²) in [6, 6.07) is 44.2. The molecule has 0 spiro atoms. The number of hydrogen-bond donors (Lipinski definition) is 1. The molecule has 1 aliphatic heterocycles. The normalized spacial score (nSPS) is 13.8. The Morgan fingerprint density at radius 3 is 1.90 bits per heavy atom. The molecule has 0 fully saturated rings. The van der Waals surface area contributed by atoms with Gasteiger partial charge in [0, 0.05) is 34.8 Å². The molecule has 1 aliphatic rings. The van der Waals surface area contributed by atoms with Crippen molar-refractivity contribution in [2.24, 2.45) is 0 Å². The highest BCUT2D eigenvalue weighted by molar-refractivity contribution is 5.87. The molecule has 5 nitrogen and oxygen atoms in total. The zero-order chi connectivity index (χ0) is 27.2. The van der Waals surface area contributed by atoms with Gasteiger partial charge in [-0.3, -0.25) is 14.5 Å². The smallest absolute Gasteiger partial charge is 0.145 e. The maximum Gasteiger partial charge on any atom is 0.145 e. The number of rotatable bonds is 4. The number of hydrogen-bond acceptors (Lipinski definition) is 4. The van der Waals surface area contributed by atoms with Crippen LogP contribution in [0.4, 0.5) is 5.69 Å². The van der Waals surface area contributed by atoms with Gasteiger partial charge in [-0.2, -0.15) is 0 Å². The van der Waals surface area contributed by atoms with E-state index in [-0.39, 0.29) is 6.17 Å². The Labute approximate surface area is 237 Å². The standard InChI is InChI=1S/C36H25N5/c1-2-12-32-29(9-1)36-40-33-13-3-4-14-34(33)41(36)35(39-32)25-17-15-24(16-18-25)26-21-27(30-10-5-7-19-37-30)23-28(22-26)31-11-6-8-20-38-31/h1-23,35,39H. The minimum absolute atomic E-state index is 0.0784. The lowest BCUT2D eigenvalue weighted by Crippen LogP contribution is -2.24. The average Bonchev–Trinajstić information content (AvgIpc) is 3.45. The summed E-state index contributed by atoms with van der Waals surface area (Å²) in [6.45, 7) is 0. The zero-order valence-corrected chi connectivity index (χ0v) is 22.1. The number of para-hydroxylation sites is 3. The minimum Gasteiger partial charge on any atom is -0.361 e. The van der Waals surface area contributed by atoms with E-state index < -0.39 is 0 Å². The molecular weight excluding hydrogens is 502 g/mol. The van der Waals surface area contributed by atoms with Crippen molar-refractivity contribution in [1.29, 1.82) is 0 Å². The molecule has 1 N–H and O–H groups in total. The monoisotopic (exact) mass is 527 g/mol. The van der Waals surface area contributed by atoms with E-state index in [1.807, 2.05) is 54.9 Å². The van der Waals surface area contributed by atoms with Crippen molar-refractivity contribution in [1.82, 2.24) is 19.5 Å². The van der Waals surface area contributed by atoms with E-state index in [4.69, 9.17) is 4.98 Å². The van der Waals surface area contributed by atoms with Gasteiger partial charge in [-0.15, -0.1) is 0 Å². The molecule has 4 aromatic carbocycles. The first-order valence-corrected chi connectivity index (χ1v) is 13.7. The molecule has 41 heavy (non-hydrogen) atoms. The van der Waals surface area contributed by atoms with Gasteiger partial charge in [0.15, 0.2) is 0 Å². The molecule has 0 amide bonds. The van der Waals surface area contributed by atoms with Crippen molar-refractivity contribution >= 4 is 16.7 Å². The van der Waals surface area contributed by atoms with Crippen LogP contribution in [-0.2, 0) is 0 Å². The van der Waals surface area contributed by atoms with Gasteiger partial charge in [-0.25, -0.2) is 4.98 Å². The van der Waals surface area contributed by atoms with Gasteiger partial charge in [0.1, 0.15) is 12.0 Å². The lowest BCUT2D eigenvalue weighted by molar-refractivity contribution is 0.669. The van der Waals surface area contributed by atoms with Gasteiger partial charge in [0.05, 0.1) is 22.4 Å². The number of nitrogens with one attached hydrogen (secondary N) is 1. The molecule has 194 valence electrons. The second-order valence-corrected chi connectivity index (χ2v) is 10.2. The number of imidazole rings is 1. The quantitative estimate of drug-likeness (QED) is 0.249. The summed E-state index contributed by atoms with van der Waals surface area (Å²) < 4.78 is 2.31. The van der Waals surface area contributed by atoms with Crippen LogP contribution in [0, 0.1) is 0 Å². The van der Waals surface area contributed by atoms with Crippen molar-refractivity contribution in [3.05, 3.63) is 145 Å². The third-order valence-electron chi connectivity index (χ3n) is 7.73. The molecule has 1 atom stereocenters. The summed E-state index contributed by atoms with van der Waals surface area (Å²) in [4.78, 5) is 14.3. The summed E-state index contributed by atoms with van der Waals surface area (Å²) in [6.07, 6.45) is 3.59. The van der Waals surface area contributed by atoms with Crippen LogP contribution in [0.2, 0.25) is 0 Å². The Kier molecular flexibility index (Phi) is 5.45. The largest absolute Gasteiger partial charge is 0.361 e. The van der Waals surface area contributed by atoms with E-state index >= 15 is 0 Å². The molecule has 0 bridgehead atoms. The van der Waals surface area contributed by atoms with Gasteiger partial charge in [0.25, 0.3) is 0 Å². The summed E-state index contributed by atoms with van der Waals surface area (Å²) in [5.74, 6) is 0.984. The van der Waals surface area contributed by atoms with Crippen molar-refractivity contribution in [3.8, 4) is 45.0 Å². The van der Waals surface area contributed by atoms with E-state index in [2.05, 4.69) is 105 Å². The first-order chi connectivity index (χ1) is 20.3. The van der Waals surface area contributed by atoms with Gasteiger partial charge in [0.2, 0.25) is 0 Å². The second kappa shape index (κ2) is 9.57. The highest BCUT2D eigenvalue weighted by Gasteiger charge is 2.28. The highest BCUT2D eigenvalue weighted by Crippen LogP contribution is 2.41. The second-order valence-electron chi connectivity index (χ2n) is 10.2. The number of fused-ring (bicyclic) bond motifs is 5. The molecule has 0 saturated heterocycles. The van der Waals surface area contributed by atoms with Gasteiger partial charge in [-0.1, -0.05) is 60.7 Å².